The Morgan fingerprint density at radius 2 is 1.71 bits per heavy atom. The van der Waals surface area contributed by atoms with E-state index >= 15 is 0 Å². The minimum atomic E-state index is 0.0159. The molecule has 2 saturated heterocycles. The summed E-state index contributed by atoms with van der Waals surface area (Å²) < 4.78 is 2.47. The van der Waals surface area contributed by atoms with Crippen LogP contribution in [0, 0.1) is 19.3 Å². The number of carbonyl (C=O) groups excluding carboxylic acids is 2. The first-order chi connectivity index (χ1) is 23.7. The molecule has 49 heavy (non-hydrogen) atoms. The van der Waals surface area contributed by atoms with Gasteiger partial charge in [-0.3, -0.25) is 14.5 Å². The molecule has 0 aliphatic carbocycles. The van der Waals surface area contributed by atoms with Crippen molar-refractivity contribution in [1.29, 1.82) is 0 Å². The molecule has 0 bridgehead atoms. The number of benzene rings is 1. The largest absolute Gasteiger partial charge is 0.349 e. The number of aryl methyl sites for hydroxylation is 1. The highest BCUT2D eigenvalue weighted by molar-refractivity contribution is 5.76. The lowest BCUT2D eigenvalue weighted by Crippen LogP contribution is -2.46. The van der Waals surface area contributed by atoms with E-state index in [1.165, 1.54) is 30.5 Å². The quantitative estimate of drug-likeness (QED) is 0.192. The molecule has 1 N–H and O–H groups in total. The molecule has 1 aromatic heterocycles. The molecule has 9 heteroatoms. The minimum Gasteiger partial charge on any atom is -0.349 e. The first kappa shape index (κ1) is 37.1. The van der Waals surface area contributed by atoms with Gasteiger partial charge in [-0.05, 0) is 84.4 Å². The summed E-state index contributed by atoms with van der Waals surface area (Å²) in [6.07, 6.45) is 15.3. The van der Waals surface area contributed by atoms with Crippen molar-refractivity contribution in [3.8, 4) is 12.3 Å². The van der Waals surface area contributed by atoms with Gasteiger partial charge >= 0.3 is 0 Å². The monoisotopic (exact) mass is 671 g/mol. The zero-order chi connectivity index (χ0) is 34.8. The predicted molar refractivity (Wildman–Crippen MR) is 197 cm³/mol. The van der Waals surface area contributed by atoms with E-state index in [0.29, 0.717) is 31.1 Å². The van der Waals surface area contributed by atoms with Crippen LogP contribution in [0.1, 0.15) is 113 Å². The first-order valence-corrected chi connectivity index (χ1v) is 19.0. The molecule has 3 aliphatic heterocycles. The fourth-order valence-corrected chi connectivity index (χ4v) is 8.56. The summed E-state index contributed by atoms with van der Waals surface area (Å²) in [7, 11) is 0. The maximum atomic E-state index is 13.3. The number of fused-ring (bicyclic) bond motifs is 1. The van der Waals surface area contributed by atoms with Gasteiger partial charge in [-0.2, -0.15) is 0 Å². The van der Waals surface area contributed by atoms with Gasteiger partial charge in [0.15, 0.2) is 0 Å². The molecule has 268 valence electrons. The van der Waals surface area contributed by atoms with E-state index in [2.05, 4.69) is 63.4 Å². The summed E-state index contributed by atoms with van der Waals surface area (Å²) in [6, 6.07) is 11.7. The number of carbonyl (C=O) groups is 2. The minimum absolute atomic E-state index is 0.0159. The van der Waals surface area contributed by atoms with Gasteiger partial charge in [0, 0.05) is 89.3 Å². The smallest absolute Gasteiger partial charge is 0.222 e. The predicted octanol–water partition coefficient (Wildman–Crippen LogP) is 5.35. The zero-order valence-electron chi connectivity index (χ0n) is 30.7. The molecule has 3 aliphatic rings. The van der Waals surface area contributed by atoms with Gasteiger partial charge in [0.2, 0.25) is 11.8 Å². The van der Waals surface area contributed by atoms with Gasteiger partial charge in [0.25, 0.3) is 0 Å². The Kier molecular flexibility index (Phi) is 13.7. The van der Waals surface area contributed by atoms with Gasteiger partial charge in [0.05, 0.1) is 18.3 Å². The summed E-state index contributed by atoms with van der Waals surface area (Å²) in [4.78, 5) is 40.1. The number of hydrogen-bond acceptors (Lipinski definition) is 6. The van der Waals surface area contributed by atoms with Gasteiger partial charge < -0.3 is 24.6 Å². The third-order valence-corrected chi connectivity index (χ3v) is 11.2. The van der Waals surface area contributed by atoms with Crippen LogP contribution in [0.4, 0.5) is 0 Å². The zero-order valence-corrected chi connectivity index (χ0v) is 30.7. The van der Waals surface area contributed by atoms with Crippen LogP contribution in [0.5, 0.6) is 0 Å². The maximum absolute atomic E-state index is 13.3. The normalized spacial score (nSPS) is 21.7. The van der Waals surface area contributed by atoms with E-state index in [1.807, 2.05) is 23.1 Å². The van der Waals surface area contributed by atoms with Crippen molar-refractivity contribution in [1.82, 2.24) is 34.5 Å². The molecule has 2 amide bonds. The molecule has 2 fully saturated rings. The van der Waals surface area contributed by atoms with Crippen molar-refractivity contribution < 1.29 is 9.59 Å². The highest BCUT2D eigenvalue weighted by atomic mass is 16.2. The number of piperazine rings is 1. The number of aromatic nitrogens is 2. The Balaban J connectivity index is 1.09. The van der Waals surface area contributed by atoms with E-state index in [9.17, 15) is 9.59 Å². The van der Waals surface area contributed by atoms with Crippen molar-refractivity contribution in [2.24, 2.45) is 0 Å². The lowest BCUT2D eigenvalue weighted by atomic mass is 10.0. The second-order valence-electron chi connectivity index (χ2n) is 14.8. The second-order valence-corrected chi connectivity index (χ2v) is 14.8. The number of amides is 2. The van der Waals surface area contributed by atoms with E-state index in [4.69, 9.17) is 11.4 Å². The molecule has 0 spiro atoms. The highest BCUT2D eigenvalue weighted by Crippen LogP contribution is 2.33. The third kappa shape index (κ3) is 10.2. The van der Waals surface area contributed by atoms with E-state index in [0.717, 1.165) is 102 Å². The van der Waals surface area contributed by atoms with Crippen LogP contribution in [-0.4, -0.2) is 105 Å². The number of imidazole rings is 1. The third-order valence-electron chi connectivity index (χ3n) is 11.2. The molecule has 9 nitrogen and oxygen atoms in total. The highest BCUT2D eigenvalue weighted by Gasteiger charge is 2.34. The average Bonchev–Trinajstić information content (AvgIpc) is 3.62. The Morgan fingerprint density at radius 3 is 2.41 bits per heavy atom. The number of likely N-dealkylation sites (tertiary alicyclic amines) is 1. The Bertz CT molecular complexity index is 1390. The van der Waals surface area contributed by atoms with E-state index in [-0.39, 0.29) is 17.9 Å². The molecule has 0 radical (unpaired) electrons. The fourth-order valence-electron chi connectivity index (χ4n) is 8.56. The first-order valence-electron chi connectivity index (χ1n) is 19.0. The molecule has 5 rings (SSSR count). The molecular formula is C40H61N7O2. The van der Waals surface area contributed by atoms with Crippen LogP contribution in [-0.2, 0) is 22.6 Å². The van der Waals surface area contributed by atoms with Crippen molar-refractivity contribution >= 4 is 11.8 Å². The Labute approximate surface area is 295 Å². The average molecular weight is 672 g/mol. The van der Waals surface area contributed by atoms with Crippen LogP contribution in [0.25, 0.3) is 0 Å². The molecule has 2 aromatic rings. The van der Waals surface area contributed by atoms with Crippen LogP contribution < -0.4 is 5.32 Å². The molecule has 4 heterocycles. The number of hydrogen-bond donors (Lipinski definition) is 1. The van der Waals surface area contributed by atoms with Crippen LogP contribution >= 0.6 is 0 Å². The number of terminal acetylenes is 1. The van der Waals surface area contributed by atoms with E-state index < -0.39 is 0 Å². The van der Waals surface area contributed by atoms with Crippen molar-refractivity contribution in [3.63, 3.8) is 0 Å². The lowest BCUT2D eigenvalue weighted by Gasteiger charge is -2.35. The topological polar surface area (TPSA) is 77.0 Å². The fraction of sp³-hybridized carbons (Fsp3) is 0.675. The summed E-state index contributed by atoms with van der Waals surface area (Å²) in [5, 5.41) is 3.19. The lowest BCUT2D eigenvalue weighted by molar-refractivity contribution is -0.132. The van der Waals surface area contributed by atoms with Crippen molar-refractivity contribution in [2.45, 2.75) is 123 Å². The van der Waals surface area contributed by atoms with Crippen molar-refractivity contribution in [2.75, 3.05) is 52.4 Å². The van der Waals surface area contributed by atoms with Crippen LogP contribution in [0.3, 0.4) is 0 Å². The van der Waals surface area contributed by atoms with Crippen molar-refractivity contribution in [3.05, 3.63) is 53.1 Å². The standard InChI is InChI=1S/C40H61N7O2/c1-6-7-8-12-21-43-25-27-44(28-26-43)22-13-16-40(49)45-23-20-39-38(30-45)41-33(4)47(39)32(3)29-36-18-17-31(2)46(36)24-19-37(42-34(5)48)35-14-10-9-11-15-35/h1,9-11,14-15,31-32,36-37H,7-8,12-13,16-30H2,2-5H3,(H,42,48). The summed E-state index contributed by atoms with van der Waals surface area (Å²) in [5.41, 5.74) is 3.57. The number of unbranched alkanes of at least 4 members (excludes halogenated alkanes) is 2. The summed E-state index contributed by atoms with van der Waals surface area (Å²) >= 11 is 0. The molecule has 4 atom stereocenters. The Morgan fingerprint density at radius 1 is 1.00 bits per heavy atom. The SMILES string of the molecule is C#CCCCCN1CCN(CCCC(=O)N2CCc3c(nc(C)n3C(C)CC3CCC(C)N3CCC(NC(C)=O)c3ccccc3)C2)CC1. The molecule has 1 aromatic carbocycles. The van der Waals surface area contributed by atoms with Gasteiger partial charge in [0.1, 0.15) is 5.82 Å². The van der Waals surface area contributed by atoms with Crippen LogP contribution in [0.2, 0.25) is 0 Å². The summed E-state index contributed by atoms with van der Waals surface area (Å²) in [5.74, 6) is 4.08. The Hall–Kier alpha value is -3.19. The van der Waals surface area contributed by atoms with E-state index in [1.54, 1.807) is 6.92 Å². The number of nitrogens with zero attached hydrogens (tertiary/aromatic N) is 6. The second kappa shape index (κ2) is 18.2. The molecular weight excluding hydrogens is 610 g/mol. The summed E-state index contributed by atoms with van der Waals surface area (Å²) in [6.45, 7) is 17.4. The van der Waals surface area contributed by atoms with Gasteiger partial charge in [-0.1, -0.05) is 30.3 Å². The number of rotatable bonds is 16. The van der Waals surface area contributed by atoms with Crippen LogP contribution in [0.15, 0.2) is 30.3 Å². The number of nitrogens with one attached hydrogen (secondary N) is 1. The molecule has 0 saturated carbocycles. The van der Waals surface area contributed by atoms with Gasteiger partial charge in [-0.25, -0.2) is 4.98 Å². The van der Waals surface area contributed by atoms with Gasteiger partial charge in [-0.15, -0.1) is 12.3 Å². The molecule has 4 unspecified atom stereocenters. The maximum Gasteiger partial charge on any atom is 0.222 e.